The standard InChI is InChI=1S/C19H14N2O2S/c1-12-10-11-23-17(12)18(22)20-14-7-3-2-6-13(14)19-21-15-8-4-5-9-16(15)24-19/h2-11H,1H3,(H,20,22). The van der Waals surface area contributed by atoms with Crippen LogP contribution in [0.3, 0.4) is 0 Å². The lowest BCUT2D eigenvalue weighted by Gasteiger charge is -2.08. The molecule has 5 heteroatoms. The van der Waals surface area contributed by atoms with E-state index in [0.717, 1.165) is 32.0 Å². The molecule has 0 spiro atoms. The highest BCUT2D eigenvalue weighted by Crippen LogP contribution is 2.34. The number of amides is 1. The van der Waals surface area contributed by atoms with Gasteiger partial charge in [-0.1, -0.05) is 24.3 Å². The maximum atomic E-state index is 12.4. The second kappa shape index (κ2) is 5.94. The van der Waals surface area contributed by atoms with Gasteiger partial charge in [-0.2, -0.15) is 0 Å². The summed E-state index contributed by atoms with van der Waals surface area (Å²) in [4.78, 5) is 17.1. The average molecular weight is 334 g/mol. The molecule has 0 unspecified atom stereocenters. The molecular weight excluding hydrogens is 320 g/mol. The predicted octanol–water partition coefficient (Wildman–Crippen LogP) is 5.12. The van der Waals surface area contributed by atoms with Gasteiger partial charge in [0, 0.05) is 11.1 Å². The molecule has 2 aromatic carbocycles. The minimum absolute atomic E-state index is 0.258. The van der Waals surface area contributed by atoms with Crippen molar-refractivity contribution >= 4 is 33.1 Å². The van der Waals surface area contributed by atoms with Crippen LogP contribution in [0.15, 0.2) is 65.3 Å². The number of para-hydroxylation sites is 2. The third kappa shape index (κ3) is 2.59. The highest BCUT2D eigenvalue weighted by Gasteiger charge is 2.16. The molecule has 0 aliphatic rings. The number of fused-ring (bicyclic) bond motifs is 1. The van der Waals surface area contributed by atoms with E-state index in [1.165, 1.54) is 6.26 Å². The van der Waals surface area contributed by atoms with Crippen molar-refractivity contribution in [2.75, 3.05) is 5.32 Å². The Morgan fingerprint density at radius 2 is 1.88 bits per heavy atom. The fraction of sp³-hybridized carbons (Fsp3) is 0.0526. The third-order valence-corrected chi connectivity index (χ3v) is 4.84. The van der Waals surface area contributed by atoms with Crippen LogP contribution in [-0.4, -0.2) is 10.9 Å². The van der Waals surface area contributed by atoms with Gasteiger partial charge in [0.2, 0.25) is 0 Å². The number of nitrogens with one attached hydrogen (secondary N) is 1. The number of nitrogens with zero attached hydrogens (tertiary/aromatic N) is 1. The van der Waals surface area contributed by atoms with Gasteiger partial charge in [-0.3, -0.25) is 4.79 Å². The molecule has 0 fully saturated rings. The molecule has 4 aromatic rings. The summed E-state index contributed by atoms with van der Waals surface area (Å²) in [7, 11) is 0. The zero-order valence-corrected chi connectivity index (χ0v) is 13.8. The van der Waals surface area contributed by atoms with Gasteiger partial charge < -0.3 is 9.73 Å². The average Bonchev–Trinajstić information content (AvgIpc) is 3.21. The van der Waals surface area contributed by atoms with Crippen LogP contribution < -0.4 is 5.32 Å². The molecule has 0 saturated heterocycles. The molecule has 0 radical (unpaired) electrons. The molecule has 0 bridgehead atoms. The van der Waals surface area contributed by atoms with E-state index < -0.39 is 0 Å². The van der Waals surface area contributed by atoms with Crippen LogP contribution in [0.5, 0.6) is 0 Å². The number of aromatic nitrogens is 1. The van der Waals surface area contributed by atoms with Crippen LogP contribution in [0.4, 0.5) is 5.69 Å². The van der Waals surface area contributed by atoms with Crippen LogP contribution in [0.25, 0.3) is 20.8 Å². The van der Waals surface area contributed by atoms with Gasteiger partial charge in [0.1, 0.15) is 5.01 Å². The largest absolute Gasteiger partial charge is 0.459 e. The van der Waals surface area contributed by atoms with Crippen molar-refractivity contribution < 1.29 is 9.21 Å². The van der Waals surface area contributed by atoms with E-state index >= 15 is 0 Å². The Labute approximate surface area is 142 Å². The minimum atomic E-state index is -0.258. The summed E-state index contributed by atoms with van der Waals surface area (Å²) in [6.45, 7) is 1.85. The Hall–Kier alpha value is -2.92. The Balaban J connectivity index is 1.73. The monoisotopic (exact) mass is 334 g/mol. The van der Waals surface area contributed by atoms with Crippen molar-refractivity contribution in [3.63, 3.8) is 0 Å². The molecule has 4 nitrogen and oxygen atoms in total. The van der Waals surface area contributed by atoms with E-state index in [-0.39, 0.29) is 5.91 Å². The van der Waals surface area contributed by atoms with Crippen molar-refractivity contribution in [3.05, 3.63) is 72.2 Å². The molecule has 0 saturated carbocycles. The Morgan fingerprint density at radius 3 is 2.67 bits per heavy atom. The zero-order chi connectivity index (χ0) is 16.5. The fourth-order valence-electron chi connectivity index (χ4n) is 2.55. The van der Waals surface area contributed by atoms with Crippen LogP contribution in [0, 0.1) is 6.92 Å². The molecule has 1 N–H and O–H groups in total. The number of aryl methyl sites for hydroxylation is 1. The van der Waals surface area contributed by atoms with Crippen molar-refractivity contribution in [1.82, 2.24) is 4.98 Å². The smallest absolute Gasteiger partial charge is 0.291 e. The van der Waals surface area contributed by atoms with Crippen LogP contribution >= 0.6 is 11.3 Å². The lowest BCUT2D eigenvalue weighted by Crippen LogP contribution is -2.12. The van der Waals surface area contributed by atoms with Crippen molar-refractivity contribution in [2.24, 2.45) is 0 Å². The number of furan rings is 1. The highest BCUT2D eigenvalue weighted by atomic mass is 32.1. The number of thiazole rings is 1. The zero-order valence-electron chi connectivity index (χ0n) is 12.9. The van der Waals surface area contributed by atoms with Gasteiger partial charge >= 0.3 is 0 Å². The Morgan fingerprint density at radius 1 is 1.08 bits per heavy atom. The summed E-state index contributed by atoms with van der Waals surface area (Å²) in [5.41, 5.74) is 3.39. The summed E-state index contributed by atoms with van der Waals surface area (Å²) in [6.07, 6.45) is 1.52. The minimum Gasteiger partial charge on any atom is -0.459 e. The second-order valence-corrected chi connectivity index (χ2v) is 6.45. The number of hydrogen-bond donors (Lipinski definition) is 1. The van der Waals surface area contributed by atoms with Crippen molar-refractivity contribution in [1.29, 1.82) is 0 Å². The molecule has 0 aliphatic carbocycles. The van der Waals surface area contributed by atoms with E-state index in [1.807, 2.05) is 55.5 Å². The first-order valence-electron chi connectivity index (χ1n) is 7.53. The molecule has 118 valence electrons. The third-order valence-electron chi connectivity index (χ3n) is 3.77. The highest BCUT2D eigenvalue weighted by molar-refractivity contribution is 7.21. The summed E-state index contributed by atoms with van der Waals surface area (Å²) in [6, 6.07) is 17.4. The lowest BCUT2D eigenvalue weighted by molar-refractivity contribution is 0.0996. The van der Waals surface area contributed by atoms with Gasteiger partial charge in [-0.05, 0) is 37.3 Å². The van der Waals surface area contributed by atoms with Gasteiger partial charge in [0.05, 0.1) is 22.2 Å². The predicted molar refractivity (Wildman–Crippen MR) is 96.5 cm³/mol. The molecule has 2 heterocycles. The van der Waals surface area contributed by atoms with Gasteiger partial charge in [-0.25, -0.2) is 4.98 Å². The van der Waals surface area contributed by atoms with Gasteiger partial charge in [0.15, 0.2) is 5.76 Å². The molecule has 1 amide bonds. The van der Waals surface area contributed by atoms with Crippen molar-refractivity contribution in [2.45, 2.75) is 6.92 Å². The molecule has 4 rings (SSSR count). The number of hydrogen-bond acceptors (Lipinski definition) is 4. The van der Waals surface area contributed by atoms with Crippen LogP contribution in [0.2, 0.25) is 0 Å². The molecule has 2 aromatic heterocycles. The topological polar surface area (TPSA) is 55.1 Å². The summed E-state index contributed by atoms with van der Waals surface area (Å²) >= 11 is 1.61. The fourth-order valence-corrected chi connectivity index (χ4v) is 3.56. The maximum absolute atomic E-state index is 12.4. The van der Waals surface area contributed by atoms with Crippen LogP contribution in [0.1, 0.15) is 16.1 Å². The number of benzene rings is 2. The summed E-state index contributed by atoms with van der Waals surface area (Å²) < 4.78 is 6.39. The van der Waals surface area contributed by atoms with E-state index in [1.54, 1.807) is 17.4 Å². The molecular formula is C19H14N2O2S. The van der Waals surface area contributed by atoms with Crippen molar-refractivity contribution in [3.8, 4) is 10.6 Å². The first-order valence-corrected chi connectivity index (χ1v) is 8.34. The van der Waals surface area contributed by atoms with E-state index in [2.05, 4.69) is 10.3 Å². The molecule has 24 heavy (non-hydrogen) atoms. The second-order valence-electron chi connectivity index (χ2n) is 5.42. The van der Waals surface area contributed by atoms with Crippen LogP contribution in [-0.2, 0) is 0 Å². The summed E-state index contributed by atoms with van der Waals surface area (Å²) in [5, 5.41) is 3.81. The first-order chi connectivity index (χ1) is 11.7. The number of carbonyl (C=O) groups is 1. The Bertz CT molecular complexity index is 999. The Kier molecular flexibility index (Phi) is 3.63. The maximum Gasteiger partial charge on any atom is 0.291 e. The summed E-state index contributed by atoms with van der Waals surface area (Å²) in [5.74, 6) is 0.0696. The normalized spacial score (nSPS) is 10.9. The van der Waals surface area contributed by atoms with E-state index in [0.29, 0.717) is 5.76 Å². The molecule has 0 atom stereocenters. The number of carbonyl (C=O) groups excluding carboxylic acids is 1. The SMILES string of the molecule is Cc1ccoc1C(=O)Nc1ccccc1-c1nc2ccccc2s1. The van der Waals surface area contributed by atoms with Gasteiger partial charge in [0.25, 0.3) is 5.91 Å². The lowest BCUT2D eigenvalue weighted by atomic mass is 10.1. The number of anilines is 1. The van der Waals surface area contributed by atoms with Gasteiger partial charge in [-0.15, -0.1) is 11.3 Å². The quantitative estimate of drug-likeness (QED) is 0.566. The van der Waals surface area contributed by atoms with E-state index in [9.17, 15) is 4.79 Å². The number of rotatable bonds is 3. The first kappa shape index (κ1) is 14.7. The molecule has 0 aliphatic heterocycles. The van der Waals surface area contributed by atoms with E-state index in [4.69, 9.17) is 4.42 Å².